The number of benzene rings is 10. The number of fused-ring (bicyclic) bond motifs is 9. The predicted molar refractivity (Wildman–Crippen MR) is 269 cm³/mol. The van der Waals surface area contributed by atoms with E-state index in [-0.39, 0.29) is 0 Å². The first-order chi connectivity index (χ1) is 32.1. The summed E-state index contributed by atoms with van der Waals surface area (Å²) in [4.78, 5) is 2.39. The summed E-state index contributed by atoms with van der Waals surface area (Å²) < 4.78 is 13.0. The van der Waals surface area contributed by atoms with E-state index in [1.165, 1.54) is 38.9 Å². The third kappa shape index (κ3) is 5.69. The molecule has 3 nitrogen and oxygen atoms in total. The SMILES string of the molecule is Cc1cccc(C2(c3cccc(N(c4ccc(-c5cccc6c5oc5ccccc56)cc4)c4ccc(-c5cccc6c5oc5ccccc56)cc4)c3)c3ccccc3-c3ccccc32)c1. The number of furan rings is 2. The first kappa shape index (κ1) is 37.2. The van der Waals surface area contributed by atoms with E-state index in [4.69, 9.17) is 8.83 Å². The first-order valence-corrected chi connectivity index (χ1v) is 22.3. The number of hydrogen-bond acceptors (Lipinski definition) is 3. The van der Waals surface area contributed by atoms with Gasteiger partial charge in [0.15, 0.2) is 0 Å². The zero-order valence-electron chi connectivity index (χ0n) is 35.7. The summed E-state index contributed by atoms with van der Waals surface area (Å²) >= 11 is 0. The highest BCUT2D eigenvalue weighted by molar-refractivity contribution is 6.10. The van der Waals surface area contributed by atoms with Gasteiger partial charge in [-0.1, -0.05) is 188 Å². The highest BCUT2D eigenvalue weighted by Crippen LogP contribution is 2.57. The van der Waals surface area contributed by atoms with Crippen molar-refractivity contribution in [2.24, 2.45) is 0 Å². The van der Waals surface area contributed by atoms with E-state index in [2.05, 4.69) is 218 Å². The first-order valence-electron chi connectivity index (χ1n) is 22.3. The van der Waals surface area contributed by atoms with Crippen molar-refractivity contribution < 1.29 is 8.83 Å². The van der Waals surface area contributed by atoms with Gasteiger partial charge < -0.3 is 13.7 Å². The molecule has 3 heteroatoms. The van der Waals surface area contributed by atoms with Crippen LogP contribution in [0.15, 0.2) is 239 Å². The van der Waals surface area contributed by atoms with Crippen LogP contribution in [0.4, 0.5) is 17.1 Å². The van der Waals surface area contributed by atoms with E-state index in [1.54, 1.807) is 0 Å². The third-order valence-corrected chi connectivity index (χ3v) is 13.6. The standard InChI is InChI=1S/C62H41NO2/c1-40-14-10-15-43(38-40)62(56-26-6-2-18-50(56)51-19-3-7-27-57(51)62)44-16-11-17-47(39-44)63(45-34-30-41(31-35-45)48-22-12-24-54-52-20-4-8-28-58(52)64-60(48)54)46-36-32-42(33-37-46)49-23-13-25-55-53-21-5-9-29-59(53)65-61(49)55/h2-39H,1H3. The Morgan fingerprint density at radius 3 is 1.31 bits per heavy atom. The lowest BCUT2D eigenvalue weighted by Gasteiger charge is -2.35. The molecule has 0 saturated heterocycles. The quantitative estimate of drug-likeness (QED) is 0.160. The molecule has 0 atom stereocenters. The van der Waals surface area contributed by atoms with Crippen molar-refractivity contribution in [1.29, 1.82) is 0 Å². The second kappa shape index (κ2) is 14.6. The molecular weight excluding hydrogens is 791 g/mol. The molecule has 0 amide bonds. The summed E-state index contributed by atoms with van der Waals surface area (Å²) in [6.07, 6.45) is 0. The third-order valence-electron chi connectivity index (χ3n) is 13.6. The smallest absolute Gasteiger partial charge is 0.143 e. The maximum absolute atomic E-state index is 6.49. The van der Waals surface area contributed by atoms with Crippen molar-refractivity contribution in [1.82, 2.24) is 0 Å². The molecule has 0 saturated carbocycles. The van der Waals surface area contributed by atoms with Gasteiger partial charge in [0.05, 0.1) is 5.41 Å². The Hall–Kier alpha value is -8.40. The summed E-state index contributed by atoms with van der Waals surface area (Å²) in [7, 11) is 0. The Morgan fingerprint density at radius 2 is 0.769 bits per heavy atom. The summed E-state index contributed by atoms with van der Waals surface area (Å²) in [6.45, 7) is 2.19. The Balaban J connectivity index is 0.989. The minimum Gasteiger partial charge on any atom is -0.455 e. The van der Waals surface area contributed by atoms with Gasteiger partial charge in [0.2, 0.25) is 0 Å². The molecule has 0 bridgehead atoms. The maximum Gasteiger partial charge on any atom is 0.143 e. The van der Waals surface area contributed by atoms with E-state index >= 15 is 0 Å². The average molecular weight is 832 g/mol. The van der Waals surface area contributed by atoms with E-state index in [0.717, 1.165) is 83.2 Å². The molecule has 0 fully saturated rings. The molecule has 2 aromatic heterocycles. The van der Waals surface area contributed by atoms with Crippen LogP contribution in [0, 0.1) is 6.92 Å². The molecule has 2 heterocycles. The Labute approximate surface area is 377 Å². The molecule has 65 heavy (non-hydrogen) atoms. The largest absolute Gasteiger partial charge is 0.455 e. The lowest BCUT2D eigenvalue weighted by molar-refractivity contribution is 0.669. The normalized spacial score (nSPS) is 12.8. The molecule has 10 aromatic carbocycles. The summed E-state index contributed by atoms with van der Waals surface area (Å²) in [5, 5.41) is 4.50. The van der Waals surface area contributed by atoms with Gasteiger partial charge in [-0.25, -0.2) is 0 Å². The molecule has 13 rings (SSSR count). The van der Waals surface area contributed by atoms with Crippen molar-refractivity contribution in [3.8, 4) is 33.4 Å². The van der Waals surface area contributed by atoms with Gasteiger partial charge in [0.25, 0.3) is 0 Å². The Morgan fingerprint density at radius 1 is 0.338 bits per heavy atom. The number of hydrogen-bond donors (Lipinski definition) is 0. The second-order valence-corrected chi connectivity index (χ2v) is 17.3. The molecule has 0 N–H and O–H groups in total. The molecule has 12 aromatic rings. The lowest BCUT2D eigenvalue weighted by atomic mass is 9.67. The molecular formula is C62H41NO2. The van der Waals surface area contributed by atoms with Gasteiger partial charge in [-0.2, -0.15) is 0 Å². The van der Waals surface area contributed by atoms with Crippen molar-refractivity contribution in [3.05, 3.63) is 258 Å². The summed E-state index contributed by atoms with van der Waals surface area (Å²) in [5.41, 5.74) is 19.4. The molecule has 0 unspecified atom stereocenters. The monoisotopic (exact) mass is 831 g/mol. The number of aryl methyl sites for hydroxylation is 1. The van der Waals surface area contributed by atoms with E-state index in [0.29, 0.717) is 0 Å². The molecule has 0 aliphatic heterocycles. The predicted octanol–water partition coefficient (Wildman–Crippen LogP) is 17.0. The fourth-order valence-corrected chi connectivity index (χ4v) is 10.8. The fraction of sp³-hybridized carbons (Fsp3) is 0.0323. The van der Waals surface area contributed by atoms with Crippen molar-refractivity contribution in [3.63, 3.8) is 0 Å². The Kier molecular flexibility index (Phi) is 8.34. The van der Waals surface area contributed by atoms with E-state index in [9.17, 15) is 0 Å². The summed E-state index contributed by atoms with van der Waals surface area (Å²) in [5.74, 6) is 0. The number of anilines is 3. The van der Waals surface area contributed by atoms with Crippen molar-refractivity contribution in [2.75, 3.05) is 4.90 Å². The number of rotatable bonds is 7. The van der Waals surface area contributed by atoms with Crippen LogP contribution in [0.2, 0.25) is 0 Å². The molecule has 1 aliphatic rings. The van der Waals surface area contributed by atoms with Crippen LogP contribution in [0.5, 0.6) is 0 Å². The minimum atomic E-state index is -0.537. The van der Waals surface area contributed by atoms with Gasteiger partial charge >= 0.3 is 0 Å². The highest BCUT2D eigenvalue weighted by atomic mass is 16.3. The van der Waals surface area contributed by atoms with E-state index in [1.807, 2.05) is 24.3 Å². The van der Waals surface area contributed by atoms with Crippen molar-refractivity contribution in [2.45, 2.75) is 12.3 Å². The number of para-hydroxylation sites is 4. The average Bonchev–Trinajstić information content (AvgIpc) is 4.04. The van der Waals surface area contributed by atoms with Gasteiger partial charge in [0.1, 0.15) is 22.3 Å². The van der Waals surface area contributed by atoms with Crippen LogP contribution in [0.1, 0.15) is 27.8 Å². The molecule has 0 spiro atoms. The van der Waals surface area contributed by atoms with Gasteiger partial charge in [-0.05, 0) is 100.0 Å². The van der Waals surface area contributed by atoms with Crippen LogP contribution in [0.3, 0.4) is 0 Å². The molecule has 1 aliphatic carbocycles. The topological polar surface area (TPSA) is 29.5 Å². The summed E-state index contributed by atoms with van der Waals surface area (Å²) in [6, 6.07) is 83.4. The van der Waals surface area contributed by atoms with Gasteiger partial charge in [-0.3, -0.25) is 0 Å². The molecule has 0 radical (unpaired) electrons. The van der Waals surface area contributed by atoms with Gasteiger partial charge in [-0.15, -0.1) is 0 Å². The molecule has 306 valence electrons. The van der Waals surface area contributed by atoms with Crippen LogP contribution in [-0.4, -0.2) is 0 Å². The number of nitrogens with zero attached hydrogens (tertiary/aromatic N) is 1. The van der Waals surface area contributed by atoms with Crippen molar-refractivity contribution >= 4 is 60.9 Å². The van der Waals surface area contributed by atoms with Gasteiger partial charge in [0, 0.05) is 49.7 Å². The second-order valence-electron chi connectivity index (χ2n) is 17.3. The fourth-order valence-electron chi connectivity index (χ4n) is 10.8. The van der Waals surface area contributed by atoms with E-state index < -0.39 is 5.41 Å². The Bertz CT molecular complexity index is 3590. The zero-order chi connectivity index (χ0) is 43.1. The lowest BCUT2D eigenvalue weighted by Crippen LogP contribution is -2.29. The zero-order valence-corrected chi connectivity index (χ0v) is 35.7. The minimum absolute atomic E-state index is 0.537. The van der Waals surface area contributed by atoms with Crippen LogP contribution in [0.25, 0.3) is 77.3 Å². The highest BCUT2D eigenvalue weighted by Gasteiger charge is 2.46. The van der Waals surface area contributed by atoms with Crippen LogP contribution in [-0.2, 0) is 5.41 Å². The van der Waals surface area contributed by atoms with Crippen LogP contribution >= 0.6 is 0 Å². The maximum atomic E-state index is 6.49. The van der Waals surface area contributed by atoms with Crippen LogP contribution < -0.4 is 4.90 Å².